The molecule has 1 saturated carbocycles. The maximum absolute atomic E-state index is 12.0. The first-order valence-electron chi connectivity index (χ1n) is 7.58. The van der Waals surface area contributed by atoms with Crippen LogP contribution in [0.25, 0.3) is 0 Å². The van der Waals surface area contributed by atoms with E-state index in [-0.39, 0.29) is 11.9 Å². The molecule has 6 heteroatoms. The van der Waals surface area contributed by atoms with Gasteiger partial charge < -0.3 is 15.5 Å². The van der Waals surface area contributed by atoms with Crippen LogP contribution in [0.5, 0.6) is 0 Å². The lowest BCUT2D eigenvalue weighted by molar-refractivity contribution is 0.235. The van der Waals surface area contributed by atoms with Crippen molar-refractivity contribution in [1.29, 1.82) is 0 Å². The average Bonchev–Trinajstić information content (AvgIpc) is 3.05. The summed E-state index contributed by atoms with van der Waals surface area (Å²) < 4.78 is 0. The molecule has 21 heavy (non-hydrogen) atoms. The maximum atomic E-state index is 12.0. The molecule has 2 N–H and O–H groups in total. The molecule has 5 nitrogen and oxygen atoms in total. The van der Waals surface area contributed by atoms with Gasteiger partial charge in [0.25, 0.3) is 0 Å². The highest BCUT2D eigenvalue weighted by Gasteiger charge is 2.27. The Labute approximate surface area is 131 Å². The number of nitrogens with one attached hydrogen (secondary N) is 2. The second kappa shape index (κ2) is 7.22. The fourth-order valence-electron chi connectivity index (χ4n) is 2.73. The van der Waals surface area contributed by atoms with Crippen LogP contribution in [0.1, 0.15) is 42.0 Å². The van der Waals surface area contributed by atoms with Crippen molar-refractivity contribution >= 4 is 17.4 Å². The standard InChI is InChI=1S/C15H26N4OS/c1-10(14-16-9-11(2)21-14)8-17-15(20)18-12-5-6-13(7-12)19(3)4/h9-10,12-13H,5-8H2,1-4H3,(H2,17,18,20)/t10-,12-,13+/m1/s1. The van der Waals surface area contributed by atoms with Gasteiger partial charge in [-0.05, 0) is 40.3 Å². The van der Waals surface area contributed by atoms with Gasteiger partial charge >= 0.3 is 6.03 Å². The zero-order chi connectivity index (χ0) is 15.4. The number of hydrogen-bond donors (Lipinski definition) is 2. The summed E-state index contributed by atoms with van der Waals surface area (Å²) in [5, 5.41) is 7.13. The Balaban J connectivity index is 1.70. The number of carbonyl (C=O) groups excluding carboxylic acids is 1. The normalized spacial score (nSPS) is 23.3. The van der Waals surface area contributed by atoms with Crippen molar-refractivity contribution in [3.8, 4) is 0 Å². The average molecular weight is 310 g/mol. The van der Waals surface area contributed by atoms with Crippen LogP contribution < -0.4 is 10.6 Å². The van der Waals surface area contributed by atoms with Crippen molar-refractivity contribution in [3.63, 3.8) is 0 Å². The third-order valence-corrected chi connectivity index (χ3v) is 5.24. The Hall–Kier alpha value is -1.14. The molecular formula is C15H26N4OS. The Morgan fingerprint density at radius 1 is 1.52 bits per heavy atom. The van der Waals surface area contributed by atoms with E-state index in [0.717, 1.165) is 24.3 Å². The van der Waals surface area contributed by atoms with Crippen LogP contribution in [0.15, 0.2) is 6.20 Å². The van der Waals surface area contributed by atoms with E-state index in [1.807, 2.05) is 6.20 Å². The van der Waals surface area contributed by atoms with E-state index < -0.39 is 0 Å². The fourth-order valence-corrected chi connectivity index (χ4v) is 3.55. The van der Waals surface area contributed by atoms with Crippen LogP contribution in [0.2, 0.25) is 0 Å². The predicted molar refractivity (Wildman–Crippen MR) is 86.9 cm³/mol. The second-order valence-electron chi connectivity index (χ2n) is 6.19. The molecule has 0 aliphatic heterocycles. The van der Waals surface area contributed by atoms with Gasteiger partial charge in [0.2, 0.25) is 0 Å². The van der Waals surface area contributed by atoms with Crippen molar-refractivity contribution in [2.75, 3.05) is 20.6 Å². The number of urea groups is 1. The van der Waals surface area contributed by atoms with E-state index >= 15 is 0 Å². The number of thiazole rings is 1. The molecule has 2 amide bonds. The summed E-state index contributed by atoms with van der Waals surface area (Å²) in [6, 6.07) is 0.835. The topological polar surface area (TPSA) is 57.3 Å². The lowest BCUT2D eigenvalue weighted by atomic mass is 10.2. The molecule has 1 heterocycles. The molecule has 1 aromatic rings. The minimum absolute atomic E-state index is 0.0560. The summed E-state index contributed by atoms with van der Waals surface area (Å²) in [5.74, 6) is 0.257. The van der Waals surface area contributed by atoms with E-state index in [0.29, 0.717) is 18.6 Å². The first-order chi connectivity index (χ1) is 9.95. The van der Waals surface area contributed by atoms with Crippen molar-refractivity contribution in [1.82, 2.24) is 20.5 Å². The molecule has 1 aliphatic rings. The van der Waals surface area contributed by atoms with Crippen molar-refractivity contribution in [2.24, 2.45) is 0 Å². The van der Waals surface area contributed by atoms with Crippen LogP contribution in [0.3, 0.4) is 0 Å². The summed E-state index contributed by atoms with van der Waals surface area (Å²) in [4.78, 5) is 19.8. The largest absolute Gasteiger partial charge is 0.337 e. The zero-order valence-electron chi connectivity index (χ0n) is 13.3. The molecule has 2 rings (SSSR count). The van der Waals surface area contributed by atoms with Gasteiger partial charge in [-0.3, -0.25) is 0 Å². The van der Waals surface area contributed by atoms with Crippen LogP contribution in [-0.2, 0) is 0 Å². The van der Waals surface area contributed by atoms with Gasteiger partial charge in [0, 0.05) is 35.6 Å². The van der Waals surface area contributed by atoms with E-state index in [9.17, 15) is 4.79 Å². The molecule has 0 spiro atoms. The van der Waals surface area contributed by atoms with Gasteiger partial charge in [-0.2, -0.15) is 0 Å². The summed E-state index contributed by atoms with van der Waals surface area (Å²) in [7, 11) is 4.20. The van der Waals surface area contributed by atoms with Gasteiger partial charge in [0.05, 0.1) is 5.01 Å². The van der Waals surface area contributed by atoms with Gasteiger partial charge in [-0.1, -0.05) is 6.92 Å². The summed E-state index contributed by atoms with van der Waals surface area (Å²) in [5.41, 5.74) is 0. The number of carbonyl (C=O) groups is 1. The maximum Gasteiger partial charge on any atom is 0.315 e. The van der Waals surface area contributed by atoms with Crippen LogP contribution in [0, 0.1) is 6.92 Å². The minimum Gasteiger partial charge on any atom is -0.337 e. The summed E-state index contributed by atoms with van der Waals surface area (Å²) >= 11 is 1.70. The predicted octanol–water partition coefficient (Wildman–Crippen LogP) is 2.34. The van der Waals surface area contributed by atoms with Crippen molar-refractivity contribution in [3.05, 3.63) is 16.1 Å². The third-order valence-electron chi connectivity index (χ3n) is 4.10. The minimum atomic E-state index is -0.0560. The quantitative estimate of drug-likeness (QED) is 0.877. The lowest BCUT2D eigenvalue weighted by Gasteiger charge is -2.19. The number of amides is 2. The van der Waals surface area contributed by atoms with Gasteiger partial charge in [-0.25, -0.2) is 9.78 Å². The van der Waals surface area contributed by atoms with Crippen LogP contribution in [0.4, 0.5) is 4.79 Å². The van der Waals surface area contributed by atoms with Crippen LogP contribution in [-0.4, -0.2) is 48.6 Å². The highest BCUT2D eigenvalue weighted by Crippen LogP contribution is 2.22. The third kappa shape index (κ3) is 4.68. The van der Waals surface area contributed by atoms with Gasteiger partial charge in [0.1, 0.15) is 0 Å². The monoisotopic (exact) mass is 310 g/mol. The molecule has 0 saturated heterocycles. The number of rotatable bonds is 5. The second-order valence-corrected chi connectivity index (χ2v) is 7.46. The number of aromatic nitrogens is 1. The molecule has 1 fully saturated rings. The van der Waals surface area contributed by atoms with Crippen LogP contribution >= 0.6 is 11.3 Å². The lowest BCUT2D eigenvalue weighted by Crippen LogP contribution is -2.42. The molecule has 0 aromatic carbocycles. The van der Waals surface area contributed by atoms with Crippen molar-refractivity contribution in [2.45, 2.75) is 51.1 Å². The van der Waals surface area contributed by atoms with E-state index in [4.69, 9.17) is 0 Å². The molecule has 0 unspecified atom stereocenters. The van der Waals surface area contributed by atoms with Gasteiger partial charge in [-0.15, -0.1) is 11.3 Å². The summed E-state index contributed by atoms with van der Waals surface area (Å²) in [6.07, 6.45) is 5.16. The zero-order valence-corrected chi connectivity index (χ0v) is 14.2. The first kappa shape index (κ1) is 16.2. The SMILES string of the molecule is Cc1cnc([C@H](C)CNC(=O)N[C@@H]2CC[C@H](N(C)C)C2)s1. The molecule has 0 bridgehead atoms. The first-order valence-corrected chi connectivity index (χ1v) is 8.40. The Morgan fingerprint density at radius 3 is 2.86 bits per heavy atom. The highest BCUT2D eigenvalue weighted by atomic mass is 32.1. The highest BCUT2D eigenvalue weighted by molar-refractivity contribution is 7.11. The van der Waals surface area contributed by atoms with E-state index in [1.54, 1.807) is 11.3 Å². The number of aryl methyl sites for hydroxylation is 1. The molecular weight excluding hydrogens is 284 g/mol. The Kier molecular flexibility index (Phi) is 5.58. The smallest absolute Gasteiger partial charge is 0.315 e. The molecule has 0 radical (unpaired) electrons. The Morgan fingerprint density at radius 2 is 2.29 bits per heavy atom. The van der Waals surface area contributed by atoms with Gasteiger partial charge in [0.15, 0.2) is 0 Å². The Bertz CT molecular complexity index is 474. The fraction of sp³-hybridized carbons (Fsp3) is 0.733. The molecule has 3 atom stereocenters. The molecule has 1 aromatic heterocycles. The number of hydrogen-bond acceptors (Lipinski definition) is 4. The molecule has 1 aliphatic carbocycles. The number of nitrogens with zero attached hydrogens (tertiary/aromatic N) is 2. The molecule has 118 valence electrons. The van der Waals surface area contributed by atoms with E-state index in [2.05, 4.69) is 48.5 Å². The van der Waals surface area contributed by atoms with E-state index in [1.165, 1.54) is 4.88 Å². The summed E-state index contributed by atoms with van der Waals surface area (Å²) in [6.45, 7) is 4.77. The van der Waals surface area contributed by atoms with Crippen molar-refractivity contribution < 1.29 is 4.79 Å².